The Morgan fingerprint density at radius 2 is 2.15 bits per heavy atom. The van der Waals surface area contributed by atoms with Gasteiger partial charge in [0, 0.05) is 18.3 Å². The Labute approximate surface area is 125 Å². The zero-order chi connectivity index (χ0) is 14.5. The summed E-state index contributed by atoms with van der Waals surface area (Å²) >= 11 is 2.01. The molecule has 0 N–H and O–H groups in total. The third-order valence-electron chi connectivity index (χ3n) is 3.88. The van der Waals surface area contributed by atoms with Gasteiger partial charge in [-0.2, -0.15) is 22.1 Å². The van der Waals surface area contributed by atoms with Gasteiger partial charge in [-0.15, -0.1) is 5.10 Å². The molecule has 1 aromatic rings. The fourth-order valence-electron chi connectivity index (χ4n) is 2.62. The van der Waals surface area contributed by atoms with Gasteiger partial charge in [-0.3, -0.25) is 0 Å². The molecule has 4 nitrogen and oxygen atoms in total. The molecule has 0 amide bonds. The molecule has 0 aliphatic carbocycles. The van der Waals surface area contributed by atoms with Crippen LogP contribution in [0.2, 0.25) is 0 Å². The molecule has 1 aliphatic rings. The second-order valence-corrected chi connectivity index (χ2v) is 6.82. The van der Waals surface area contributed by atoms with Crippen LogP contribution in [0.3, 0.4) is 0 Å². The van der Waals surface area contributed by atoms with E-state index < -0.39 is 0 Å². The van der Waals surface area contributed by atoms with Crippen molar-refractivity contribution in [2.45, 2.75) is 45.3 Å². The van der Waals surface area contributed by atoms with Crippen LogP contribution >= 0.6 is 11.8 Å². The minimum Gasteiger partial charge on any atom is -0.353 e. The van der Waals surface area contributed by atoms with E-state index in [1.54, 1.807) is 0 Å². The molecule has 0 aromatic carbocycles. The number of aromatic nitrogens is 2. The Kier molecular flexibility index (Phi) is 5.24. The standard InChI is InChI=1S/C15H22N4S/c1-4-20-13-7-5-6-8-19(10-13)15-14(9-16)11(2)12(3)17-18-15/h13H,4-8,10H2,1-3H3/t13-/m0/s1. The Morgan fingerprint density at radius 3 is 2.85 bits per heavy atom. The van der Waals surface area contributed by atoms with Gasteiger partial charge in [0.15, 0.2) is 5.82 Å². The van der Waals surface area contributed by atoms with E-state index in [2.05, 4.69) is 28.1 Å². The van der Waals surface area contributed by atoms with E-state index in [0.29, 0.717) is 10.8 Å². The van der Waals surface area contributed by atoms with Crippen molar-refractivity contribution in [1.82, 2.24) is 10.2 Å². The second-order valence-electron chi connectivity index (χ2n) is 5.24. The molecule has 1 saturated heterocycles. The molecule has 5 heteroatoms. The van der Waals surface area contributed by atoms with Crippen molar-refractivity contribution in [3.63, 3.8) is 0 Å². The summed E-state index contributed by atoms with van der Waals surface area (Å²) in [5.74, 6) is 1.92. The molecule has 1 atom stereocenters. The molecule has 1 fully saturated rings. The van der Waals surface area contributed by atoms with Gasteiger partial charge in [-0.25, -0.2) is 0 Å². The van der Waals surface area contributed by atoms with E-state index in [1.165, 1.54) is 19.3 Å². The average molecular weight is 290 g/mol. The molecule has 1 aliphatic heterocycles. The minimum atomic E-state index is 0.637. The lowest BCUT2D eigenvalue weighted by Crippen LogP contribution is -2.31. The third-order valence-corrected chi connectivity index (χ3v) is 5.07. The van der Waals surface area contributed by atoms with E-state index in [0.717, 1.165) is 35.9 Å². The first-order valence-corrected chi connectivity index (χ1v) is 8.32. The van der Waals surface area contributed by atoms with Gasteiger partial charge < -0.3 is 4.90 Å². The van der Waals surface area contributed by atoms with Crippen molar-refractivity contribution < 1.29 is 0 Å². The third kappa shape index (κ3) is 3.24. The zero-order valence-corrected chi connectivity index (χ0v) is 13.3. The average Bonchev–Trinajstić information content (AvgIpc) is 2.67. The van der Waals surface area contributed by atoms with Gasteiger partial charge in [0.05, 0.1) is 5.69 Å². The maximum Gasteiger partial charge on any atom is 0.169 e. The summed E-state index contributed by atoms with van der Waals surface area (Å²) in [7, 11) is 0. The normalized spacial score (nSPS) is 19.5. The number of aryl methyl sites for hydroxylation is 1. The van der Waals surface area contributed by atoms with Gasteiger partial charge in [0.1, 0.15) is 11.6 Å². The summed E-state index contributed by atoms with van der Waals surface area (Å²) < 4.78 is 0. The topological polar surface area (TPSA) is 52.8 Å². The summed E-state index contributed by atoms with van der Waals surface area (Å²) in [5, 5.41) is 18.6. The number of nitriles is 1. The smallest absolute Gasteiger partial charge is 0.169 e. The largest absolute Gasteiger partial charge is 0.353 e. The van der Waals surface area contributed by atoms with Crippen LogP contribution in [0.15, 0.2) is 0 Å². The van der Waals surface area contributed by atoms with Crippen LogP contribution in [0.4, 0.5) is 5.82 Å². The SMILES string of the molecule is CCS[C@H]1CCCCN(c2nnc(C)c(C)c2C#N)C1. The van der Waals surface area contributed by atoms with Crippen molar-refractivity contribution >= 4 is 17.6 Å². The van der Waals surface area contributed by atoms with E-state index in [-0.39, 0.29) is 0 Å². The molecule has 2 heterocycles. The molecule has 20 heavy (non-hydrogen) atoms. The molecule has 108 valence electrons. The summed E-state index contributed by atoms with van der Waals surface area (Å²) in [6.07, 6.45) is 3.68. The lowest BCUT2D eigenvalue weighted by molar-refractivity contribution is 0.735. The highest BCUT2D eigenvalue weighted by atomic mass is 32.2. The minimum absolute atomic E-state index is 0.637. The van der Waals surface area contributed by atoms with Crippen LogP contribution in [0.25, 0.3) is 0 Å². The van der Waals surface area contributed by atoms with Crippen LogP contribution in [0.1, 0.15) is 43.0 Å². The monoisotopic (exact) mass is 290 g/mol. The lowest BCUT2D eigenvalue weighted by atomic mass is 10.1. The van der Waals surface area contributed by atoms with Gasteiger partial charge >= 0.3 is 0 Å². The Balaban J connectivity index is 2.30. The molecule has 0 bridgehead atoms. The Hall–Kier alpha value is -1.28. The van der Waals surface area contributed by atoms with Gasteiger partial charge in [-0.1, -0.05) is 13.3 Å². The molecule has 0 saturated carbocycles. The Bertz CT molecular complexity index is 509. The van der Waals surface area contributed by atoms with Crippen LogP contribution in [0, 0.1) is 25.2 Å². The first kappa shape index (κ1) is 15.1. The van der Waals surface area contributed by atoms with Crippen LogP contribution in [-0.4, -0.2) is 34.3 Å². The predicted octanol–water partition coefficient (Wildman–Crippen LogP) is 3.08. The van der Waals surface area contributed by atoms with E-state index in [1.807, 2.05) is 25.6 Å². The van der Waals surface area contributed by atoms with Crippen LogP contribution in [0.5, 0.6) is 0 Å². The van der Waals surface area contributed by atoms with Crippen molar-refractivity contribution in [3.05, 3.63) is 16.8 Å². The van der Waals surface area contributed by atoms with Crippen molar-refractivity contribution in [1.29, 1.82) is 5.26 Å². The summed E-state index contributed by atoms with van der Waals surface area (Å²) in [5.41, 5.74) is 2.50. The lowest BCUT2D eigenvalue weighted by Gasteiger charge is -2.26. The van der Waals surface area contributed by atoms with E-state index in [9.17, 15) is 5.26 Å². The first-order chi connectivity index (χ1) is 9.67. The van der Waals surface area contributed by atoms with Crippen LogP contribution in [-0.2, 0) is 0 Å². The summed E-state index contributed by atoms with van der Waals surface area (Å²) in [6, 6.07) is 2.32. The number of hydrogen-bond acceptors (Lipinski definition) is 5. The van der Waals surface area contributed by atoms with E-state index in [4.69, 9.17) is 0 Å². The second kappa shape index (κ2) is 6.94. The number of thioether (sulfide) groups is 1. The maximum atomic E-state index is 9.44. The number of rotatable bonds is 3. The first-order valence-electron chi connectivity index (χ1n) is 7.27. The molecule has 1 aromatic heterocycles. The molecule has 0 spiro atoms. The van der Waals surface area contributed by atoms with Crippen molar-refractivity contribution in [3.8, 4) is 6.07 Å². The fourth-order valence-corrected chi connectivity index (χ4v) is 3.71. The zero-order valence-electron chi connectivity index (χ0n) is 12.5. The van der Waals surface area contributed by atoms with Crippen molar-refractivity contribution in [2.24, 2.45) is 0 Å². The number of nitrogens with zero attached hydrogens (tertiary/aromatic N) is 4. The van der Waals surface area contributed by atoms with Gasteiger partial charge in [0.25, 0.3) is 0 Å². The summed E-state index contributed by atoms with van der Waals surface area (Å²) in [6.45, 7) is 8.03. The van der Waals surface area contributed by atoms with Crippen molar-refractivity contribution in [2.75, 3.05) is 23.7 Å². The number of anilines is 1. The Morgan fingerprint density at radius 1 is 1.35 bits per heavy atom. The molecule has 2 rings (SSSR count). The van der Waals surface area contributed by atoms with Crippen LogP contribution < -0.4 is 4.90 Å². The van der Waals surface area contributed by atoms with Gasteiger partial charge in [-0.05, 0) is 38.0 Å². The molecule has 0 unspecified atom stereocenters. The highest BCUT2D eigenvalue weighted by Crippen LogP contribution is 2.27. The fraction of sp³-hybridized carbons (Fsp3) is 0.667. The van der Waals surface area contributed by atoms with E-state index >= 15 is 0 Å². The predicted molar refractivity (Wildman–Crippen MR) is 84.2 cm³/mol. The molecule has 0 radical (unpaired) electrons. The quantitative estimate of drug-likeness (QED) is 0.856. The molecular weight excluding hydrogens is 268 g/mol. The highest BCUT2D eigenvalue weighted by Gasteiger charge is 2.23. The van der Waals surface area contributed by atoms with Gasteiger partial charge in [0.2, 0.25) is 0 Å². The summed E-state index contributed by atoms with van der Waals surface area (Å²) in [4.78, 5) is 2.26. The molecular formula is C15H22N4S. The number of hydrogen-bond donors (Lipinski definition) is 0. The maximum absolute atomic E-state index is 9.44. The highest BCUT2D eigenvalue weighted by molar-refractivity contribution is 7.99.